The molecule has 0 atom stereocenters. The number of anilines is 1. The van der Waals surface area contributed by atoms with Crippen LogP contribution in [-0.4, -0.2) is 20.4 Å². The molecule has 39 heavy (non-hydrogen) atoms. The van der Waals surface area contributed by atoms with Crippen molar-refractivity contribution in [3.05, 3.63) is 130 Å². The largest absolute Gasteiger partial charge is 0.298 e. The Labute approximate surface area is 229 Å². The summed E-state index contributed by atoms with van der Waals surface area (Å²) in [5, 5.41) is 3.90. The van der Waals surface area contributed by atoms with E-state index < -0.39 is 0 Å². The Hall–Kier alpha value is -4.88. The third-order valence-electron chi connectivity index (χ3n) is 6.48. The fourth-order valence-corrected chi connectivity index (χ4v) is 5.37. The van der Waals surface area contributed by atoms with Crippen LogP contribution < -0.4 is 10.9 Å². The van der Waals surface area contributed by atoms with E-state index in [1.165, 1.54) is 11.3 Å². The van der Waals surface area contributed by atoms with Crippen LogP contribution in [-0.2, 0) is 0 Å². The van der Waals surface area contributed by atoms with Crippen LogP contribution in [0.5, 0.6) is 0 Å². The number of nitrogens with one attached hydrogen (secondary N) is 1. The number of benzene rings is 4. The Morgan fingerprint density at radius 1 is 0.769 bits per heavy atom. The number of hydrogen-bond donors (Lipinski definition) is 1. The van der Waals surface area contributed by atoms with Gasteiger partial charge in [-0.15, -0.1) is 0 Å². The van der Waals surface area contributed by atoms with E-state index in [9.17, 15) is 9.59 Å². The van der Waals surface area contributed by atoms with Gasteiger partial charge in [0.2, 0.25) is 0 Å². The molecule has 2 heterocycles. The molecule has 6 nitrogen and oxygen atoms in total. The van der Waals surface area contributed by atoms with Crippen molar-refractivity contribution >= 4 is 33.3 Å². The first-order chi connectivity index (χ1) is 19.0. The van der Waals surface area contributed by atoms with Gasteiger partial charge in [-0.2, -0.15) is 0 Å². The van der Waals surface area contributed by atoms with E-state index in [1.54, 1.807) is 22.8 Å². The maximum atomic E-state index is 13.9. The first kappa shape index (κ1) is 24.5. The number of carbonyl (C=O) groups excluding carboxylic acids is 1. The van der Waals surface area contributed by atoms with E-state index in [-0.39, 0.29) is 11.5 Å². The molecule has 4 aromatic carbocycles. The normalized spacial score (nSPS) is 11.0. The minimum Gasteiger partial charge on any atom is -0.298 e. The summed E-state index contributed by atoms with van der Waals surface area (Å²) in [7, 11) is 0. The SMILES string of the molecule is Cc1ccc(C(=O)Nc2nc(-c3ccccc3)c(-c3nc4ccccc4c(=O)n3-c3ccc(C)cc3)s2)cc1. The Morgan fingerprint density at radius 2 is 1.41 bits per heavy atom. The number of nitrogens with zero attached hydrogens (tertiary/aromatic N) is 3. The average Bonchev–Trinajstić information content (AvgIpc) is 3.38. The summed E-state index contributed by atoms with van der Waals surface area (Å²) in [6.45, 7) is 3.98. The second-order valence-corrected chi connectivity index (χ2v) is 10.3. The van der Waals surface area contributed by atoms with E-state index in [2.05, 4.69) is 5.32 Å². The Kier molecular flexibility index (Phi) is 6.34. The molecule has 0 bridgehead atoms. The zero-order valence-electron chi connectivity index (χ0n) is 21.4. The Bertz CT molecular complexity index is 1870. The van der Waals surface area contributed by atoms with Gasteiger partial charge in [-0.3, -0.25) is 19.5 Å². The quantitative estimate of drug-likeness (QED) is 0.260. The van der Waals surface area contributed by atoms with E-state index in [1.807, 2.05) is 98.8 Å². The molecule has 0 spiro atoms. The van der Waals surface area contributed by atoms with Gasteiger partial charge in [0.05, 0.1) is 22.3 Å². The van der Waals surface area contributed by atoms with Crippen LogP contribution >= 0.6 is 11.3 Å². The summed E-state index contributed by atoms with van der Waals surface area (Å²) >= 11 is 1.30. The van der Waals surface area contributed by atoms with Crippen LogP contribution in [0.3, 0.4) is 0 Å². The lowest BCUT2D eigenvalue weighted by atomic mass is 10.1. The second kappa shape index (κ2) is 10.1. The lowest BCUT2D eigenvalue weighted by Crippen LogP contribution is -2.21. The molecule has 1 amide bonds. The van der Waals surface area contributed by atoms with E-state index >= 15 is 0 Å². The van der Waals surface area contributed by atoms with Crippen molar-refractivity contribution in [3.63, 3.8) is 0 Å². The predicted octanol–water partition coefficient (Wildman–Crippen LogP) is 7.05. The fraction of sp³-hybridized carbons (Fsp3) is 0.0625. The number of carbonyl (C=O) groups is 1. The van der Waals surface area contributed by atoms with Crippen LogP contribution in [0.25, 0.3) is 38.5 Å². The highest BCUT2D eigenvalue weighted by atomic mass is 32.1. The van der Waals surface area contributed by atoms with E-state index in [4.69, 9.17) is 9.97 Å². The number of aryl methyl sites for hydroxylation is 2. The molecule has 0 fully saturated rings. The molecular formula is C32H24N4O2S. The average molecular weight is 529 g/mol. The van der Waals surface area contributed by atoms with Gasteiger partial charge in [0.1, 0.15) is 4.88 Å². The monoisotopic (exact) mass is 528 g/mol. The zero-order chi connectivity index (χ0) is 26.9. The molecule has 0 aliphatic heterocycles. The summed E-state index contributed by atoms with van der Waals surface area (Å²) in [6.07, 6.45) is 0. The lowest BCUT2D eigenvalue weighted by molar-refractivity contribution is 0.102. The summed E-state index contributed by atoms with van der Waals surface area (Å²) in [6, 6.07) is 32.2. The number of hydrogen-bond acceptors (Lipinski definition) is 5. The molecular weight excluding hydrogens is 504 g/mol. The van der Waals surface area contributed by atoms with Gasteiger partial charge in [0.25, 0.3) is 11.5 Å². The molecule has 0 unspecified atom stereocenters. The van der Waals surface area contributed by atoms with Crippen LogP contribution in [0.15, 0.2) is 108 Å². The smallest absolute Gasteiger partial charge is 0.266 e. The van der Waals surface area contributed by atoms with Crippen molar-refractivity contribution < 1.29 is 4.79 Å². The standard InChI is InChI=1S/C32H24N4O2S/c1-20-12-16-23(17-13-20)30(37)35-32-34-27(22-8-4-3-5-9-22)28(39-32)29-33-26-11-7-6-10-25(26)31(38)36(29)24-18-14-21(2)15-19-24/h3-19H,1-2H3,(H,34,35,37). The van der Waals surface area contributed by atoms with Gasteiger partial charge >= 0.3 is 0 Å². The summed E-state index contributed by atoms with van der Waals surface area (Å²) < 4.78 is 1.63. The van der Waals surface area contributed by atoms with Crippen molar-refractivity contribution in [1.82, 2.24) is 14.5 Å². The Morgan fingerprint density at radius 3 is 2.13 bits per heavy atom. The zero-order valence-corrected chi connectivity index (χ0v) is 22.2. The topological polar surface area (TPSA) is 76.9 Å². The number of thiazole rings is 1. The van der Waals surface area contributed by atoms with Crippen molar-refractivity contribution in [1.29, 1.82) is 0 Å². The number of para-hydroxylation sites is 1. The van der Waals surface area contributed by atoms with Gasteiger partial charge in [-0.05, 0) is 50.2 Å². The minimum absolute atomic E-state index is 0.169. The summed E-state index contributed by atoms with van der Waals surface area (Å²) in [5.41, 5.74) is 5.34. The van der Waals surface area contributed by atoms with E-state index in [0.717, 1.165) is 16.7 Å². The number of fused-ring (bicyclic) bond motifs is 1. The highest BCUT2D eigenvalue weighted by molar-refractivity contribution is 7.19. The highest BCUT2D eigenvalue weighted by Crippen LogP contribution is 2.39. The van der Waals surface area contributed by atoms with Crippen LogP contribution in [0.1, 0.15) is 21.5 Å². The molecule has 0 saturated heterocycles. The van der Waals surface area contributed by atoms with Crippen LogP contribution in [0.2, 0.25) is 0 Å². The molecule has 6 aromatic rings. The lowest BCUT2D eigenvalue weighted by Gasteiger charge is -2.14. The van der Waals surface area contributed by atoms with Crippen molar-refractivity contribution in [2.45, 2.75) is 13.8 Å². The van der Waals surface area contributed by atoms with Gasteiger partial charge < -0.3 is 0 Å². The molecule has 0 saturated carbocycles. The molecule has 7 heteroatoms. The van der Waals surface area contributed by atoms with Crippen molar-refractivity contribution in [2.24, 2.45) is 0 Å². The minimum atomic E-state index is -0.252. The Balaban J connectivity index is 1.57. The third kappa shape index (κ3) is 4.76. The van der Waals surface area contributed by atoms with Gasteiger partial charge in [0, 0.05) is 11.1 Å². The third-order valence-corrected chi connectivity index (χ3v) is 7.45. The van der Waals surface area contributed by atoms with Gasteiger partial charge in [-0.25, -0.2) is 9.97 Å². The van der Waals surface area contributed by atoms with Crippen LogP contribution in [0, 0.1) is 13.8 Å². The molecule has 0 aliphatic rings. The molecule has 0 aliphatic carbocycles. The molecule has 190 valence electrons. The first-order valence-corrected chi connectivity index (χ1v) is 13.3. The van der Waals surface area contributed by atoms with Crippen molar-refractivity contribution in [2.75, 3.05) is 5.32 Å². The number of rotatable bonds is 5. The predicted molar refractivity (Wildman–Crippen MR) is 158 cm³/mol. The van der Waals surface area contributed by atoms with Crippen molar-refractivity contribution in [3.8, 4) is 27.6 Å². The molecule has 2 aromatic heterocycles. The summed E-state index contributed by atoms with van der Waals surface area (Å²) in [5.74, 6) is 0.215. The molecule has 6 rings (SSSR count). The van der Waals surface area contributed by atoms with E-state index in [0.29, 0.717) is 43.7 Å². The maximum absolute atomic E-state index is 13.9. The summed E-state index contributed by atoms with van der Waals surface area (Å²) in [4.78, 5) is 37.4. The number of aromatic nitrogens is 3. The second-order valence-electron chi connectivity index (χ2n) is 9.31. The van der Waals surface area contributed by atoms with Crippen LogP contribution in [0.4, 0.5) is 5.13 Å². The molecule has 1 N–H and O–H groups in total. The molecule has 0 radical (unpaired) electrons. The number of amides is 1. The maximum Gasteiger partial charge on any atom is 0.266 e. The first-order valence-electron chi connectivity index (χ1n) is 12.5. The van der Waals surface area contributed by atoms with Gasteiger partial charge in [-0.1, -0.05) is 89.2 Å². The highest BCUT2D eigenvalue weighted by Gasteiger charge is 2.23. The van der Waals surface area contributed by atoms with Gasteiger partial charge in [0.15, 0.2) is 11.0 Å². The fourth-order valence-electron chi connectivity index (χ4n) is 4.41.